The minimum absolute atomic E-state index is 0.206. The predicted octanol–water partition coefficient (Wildman–Crippen LogP) is 3.92. The standard InChI is InChI=1S/C20H19N3O3S/c1-23(2)16-10-8-14(9-11-16)18(24)22-20-21-17(12-27-20)13-4-6-15(7-5-13)19(25)26-3/h4-12H,1-3H3,(H,21,22,24). The van der Waals surface area contributed by atoms with E-state index in [0.29, 0.717) is 16.3 Å². The van der Waals surface area contributed by atoms with Gasteiger partial charge in [-0.2, -0.15) is 0 Å². The van der Waals surface area contributed by atoms with Crippen LogP contribution in [0, 0.1) is 0 Å². The Kier molecular flexibility index (Phi) is 5.52. The van der Waals surface area contributed by atoms with Gasteiger partial charge in [0.1, 0.15) is 0 Å². The molecule has 0 aliphatic rings. The number of benzene rings is 2. The molecule has 7 heteroatoms. The fourth-order valence-corrected chi connectivity index (χ4v) is 3.15. The van der Waals surface area contributed by atoms with Crippen LogP contribution in [0.1, 0.15) is 20.7 Å². The fourth-order valence-electron chi connectivity index (χ4n) is 2.44. The summed E-state index contributed by atoms with van der Waals surface area (Å²) in [6.45, 7) is 0. The number of aromatic nitrogens is 1. The number of thiazole rings is 1. The Balaban J connectivity index is 1.70. The molecule has 0 bridgehead atoms. The Labute approximate surface area is 161 Å². The van der Waals surface area contributed by atoms with E-state index in [1.165, 1.54) is 18.4 Å². The molecule has 6 nitrogen and oxygen atoms in total. The van der Waals surface area contributed by atoms with Crippen molar-refractivity contribution in [2.75, 3.05) is 31.4 Å². The van der Waals surface area contributed by atoms with E-state index >= 15 is 0 Å². The van der Waals surface area contributed by atoms with Gasteiger partial charge in [-0.15, -0.1) is 11.3 Å². The first-order valence-corrected chi connectivity index (χ1v) is 9.09. The molecule has 1 heterocycles. The number of nitrogens with zero attached hydrogens (tertiary/aromatic N) is 2. The lowest BCUT2D eigenvalue weighted by atomic mass is 10.1. The monoisotopic (exact) mass is 381 g/mol. The molecular formula is C20H19N3O3S. The first kappa shape index (κ1) is 18.6. The summed E-state index contributed by atoms with van der Waals surface area (Å²) in [5.74, 6) is -0.588. The number of carbonyl (C=O) groups excluding carboxylic acids is 2. The summed E-state index contributed by atoms with van der Waals surface area (Å²) in [5.41, 5.74) is 3.66. The Morgan fingerprint density at radius 3 is 2.22 bits per heavy atom. The van der Waals surface area contributed by atoms with Crippen molar-refractivity contribution in [1.82, 2.24) is 4.98 Å². The summed E-state index contributed by atoms with van der Waals surface area (Å²) in [6.07, 6.45) is 0. The maximum atomic E-state index is 12.4. The van der Waals surface area contributed by atoms with Crippen molar-refractivity contribution in [2.45, 2.75) is 0 Å². The Morgan fingerprint density at radius 2 is 1.63 bits per heavy atom. The van der Waals surface area contributed by atoms with Crippen molar-refractivity contribution < 1.29 is 14.3 Å². The Morgan fingerprint density at radius 1 is 1.00 bits per heavy atom. The lowest BCUT2D eigenvalue weighted by Gasteiger charge is -2.12. The highest BCUT2D eigenvalue weighted by Gasteiger charge is 2.11. The highest BCUT2D eigenvalue weighted by Crippen LogP contribution is 2.26. The van der Waals surface area contributed by atoms with Crippen molar-refractivity contribution in [3.8, 4) is 11.3 Å². The lowest BCUT2D eigenvalue weighted by Crippen LogP contribution is -2.13. The van der Waals surface area contributed by atoms with Gasteiger partial charge in [-0.05, 0) is 36.4 Å². The van der Waals surface area contributed by atoms with Crippen LogP contribution in [0.3, 0.4) is 0 Å². The van der Waals surface area contributed by atoms with Crippen LogP contribution >= 0.6 is 11.3 Å². The Bertz CT molecular complexity index is 947. The second-order valence-electron chi connectivity index (χ2n) is 6.00. The largest absolute Gasteiger partial charge is 0.465 e. The van der Waals surface area contributed by atoms with E-state index in [0.717, 1.165) is 16.9 Å². The minimum atomic E-state index is -0.381. The highest BCUT2D eigenvalue weighted by atomic mass is 32.1. The van der Waals surface area contributed by atoms with Crippen LogP contribution in [0.25, 0.3) is 11.3 Å². The molecule has 1 amide bonds. The van der Waals surface area contributed by atoms with Crippen LogP contribution in [0.2, 0.25) is 0 Å². The van der Waals surface area contributed by atoms with Gasteiger partial charge in [-0.3, -0.25) is 10.1 Å². The van der Waals surface area contributed by atoms with Gasteiger partial charge >= 0.3 is 5.97 Å². The van der Waals surface area contributed by atoms with E-state index in [9.17, 15) is 9.59 Å². The molecule has 0 saturated carbocycles. The average molecular weight is 381 g/mol. The molecule has 0 unspecified atom stereocenters. The van der Waals surface area contributed by atoms with Crippen LogP contribution in [0.4, 0.5) is 10.8 Å². The molecule has 0 atom stereocenters. The van der Waals surface area contributed by atoms with Crippen molar-refractivity contribution in [1.29, 1.82) is 0 Å². The van der Waals surface area contributed by atoms with Crippen molar-refractivity contribution in [2.24, 2.45) is 0 Å². The number of methoxy groups -OCH3 is 1. The first-order chi connectivity index (χ1) is 13.0. The number of nitrogens with one attached hydrogen (secondary N) is 1. The van der Waals surface area contributed by atoms with E-state index in [1.54, 1.807) is 36.4 Å². The number of amides is 1. The third kappa shape index (κ3) is 4.32. The fraction of sp³-hybridized carbons (Fsp3) is 0.150. The van der Waals surface area contributed by atoms with Gasteiger partial charge < -0.3 is 9.64 Å². The van der Waals surface area contributed by atoms with Crippen molar-refractivity contribution in [3.63, 3.8) is 0 Å². The zero-order chi connectivity index (χ0) is 19.4. The van der Waals surface area contributed by atoms with Crippen molar-refractivity contribution in [3.05, 3.63) is 65.0 Å². The summed E-state index contributed by atoms with van der Waals surface area (Å²) < 4.78 is 4.69. The average Bonchev–Trinajstić information content (AvgIpc) is 3.16. The van der Waals surface area contributed by atoms with E-state index in [-0.39, 0.29) is 11.9 Å². The summed E-state index contributed by atoms with van der Waals surface area (Å²) >= 11 is 1.35. The number of hydrogen-bond acceptors (Lipinski definition) is 6. The number of carbonyl (C=O) groups is 2. The van der Waals surface area contributed by atoms with Gasteiger partial charge in [0.05, 0.1) is 18.4 Å². The highest BCUT2D eigenvalue weighted by molar-refractivity contribution is 7.14. The van der Waals surface area contributed by atoms with E-state index in [1.807, 2.05) is 36.5 Å². The lowest BCUT2D eigenvalue weighted by molar-refractivity contribution is 0.0600. The quantitative estimate of drug-likeness (QED) is 0.679. The molecular weight excluding hydrogens is 362 g/mol. The molecule has 27 heavy (non-hydrogen) atoms. The van der Waals surface area contributed by atoms with Crippen LogP contribution in [-0.4, -0.2) is 38.1 Å². The molecule has 0 aliphatic carbocycles. The normalized spacial score (nSPS) is 10.3. The maximum absolute atomic E-state index is 12.4. The molecule has 1 aromatic heterocycles. The van der Waals surface area contributed by atoms with E-state index < -0.39 is 0 Å². The van der Waals surface area contributed by atoms with E-state index in [4.69, 9.17) is 0 Å². The summed E-state index contributed by atoms with van der Waals surface area (Å²) in [6, 6.07) is 14.3. The number of esters is 1. The number of ether oxygens (including phenoxy) is 1. The smallest absolute Gasteiger partial charge is 0.337 e. The van der Waals surface area contributed by atoms with Crippen molar-refractivity contribution >= 4 is 34.0 Å². The van der Waals surface area contributed by atoms with Gasteiger partial charge in [-0.1, -0.05) is 12.1 Å². The number of anilines is 2. The zero-order valence-corrected chi connectivity index (χ0v) is 16.0. The molecule has 138 valence electrons. The SMILES string of the molecule is COC(=O)c1ccc(-c2csc(NC(=O)c3ccc(N(C)C)cc3)n2)cc1. The van der Waals surface area contributed by atoms with Crippen LogP contribution in [0.5, 0.6) is 0 Å². The molecule has 1 N–H and O–H groups in total. The first-order valence-electron chi connectivity index (χ1n) is 8.21. The molecule has 3 aromatic rings. The van der Waals surface area contributed by atoms with Gasteiger partial charge in [0, 0.05) is 36.3 Å². The molecule has 0 aliphatic heterocycles. The second kappa shape index (κ2) is 8.01. The third-order valence-electron chi connectivity index (χ3n) is 3.97. The minimum Gasteiger partial charge on any atom is -0.465 e. The van der Waals surface area contributed by atoms with Gasteiger partial charge in [0.15, 0.2) is 5.13 Å². The molecule has 2 aromatic carbocycles. The summed E-state index contributed by atoms with van der Waals surface area (Å²) in [7, 11) is 5.24. The molecule has 0 saturated heterocycles. The van der Waals surface area contributed by atoms with Gasteiger partial charge in [0.25, 0.3) is 5.91 Å². The molecule has 0 spiro atoms. The van der Waals surface area contributed by atoms with E-state index in [2.05, 4.69) is 15.0 Å². The topological polar surface area (TPSA) is 71.5 Å². The zero-order valence-electron chi connectivity index (χ0n) is 15.2. The van der Waals surface area contributed by atoms with Crippen LogP contribution < -0.4 is 10.2 Å². The maximum Gasteiger partial charge on any atom is 0.337 e. The summed E-state index contributed by atoms with van der Waals surface area (Å²) in [5, 5.41) is 5.19. The van der Waals surface area contributed by atoms with Gasteiger partial charge in [-0.25, -0.2) is 9.78 Å². The molecule has 0 fully saturated rings. The summed E-state index contributed by atoms with van der Waals surface area (Å²) in [4.78, 5) is 30.3. The van der Waals surface area contributed by atoms with Gasteiger partial charge in [0.2, 0.25) is 0 Å². The number of hydrogen-bond donors (Lipinski definition) is 1. The Hall–Kier alpha value is -3.19. The van der Waals surface area contributed by atoms with Crippen LogP contribution in [-0.2, 0) is 4.74 Å². The predicted molar refractivity (Wildman–Crippen MR) is 108 cm³/mol. The molecule has 3 rings (SSSR count). The second-order valence-corrected chi connectivity index (χ2v) is 6.86. The number of rotatable bonds is 5. The molecule has 0 radical (unpaired) electrons. The van der Waals surface area contributed by atoms with Crippen LogP contribution in [0.15, 0.2) is 53.9 Å². The third-order valence-corrected chi connectivity index (χ3v) is 4.73.